The molecule has 1 heterocycles. The van der Waals surface area contributed by atoms with Crippen molar-refractivity contribution in [3.8, 4) is 5.75 Å². The fourth-order valence-electron chi connectivity index (χ4n) is 1.98. The zero-order valence-electron chi connectivity index (χ0n) is 13.9. The van der Waals surface area contributed by atoms with Crippen LogP contribution in [0.5, 0.6) is 5.75 Å². The summed E-state index contributed by atoms with van der Waals surface area (Å²) in [6, 6.07) is 3.13. The number of rotatable bonds is 5. The summed E-state index contributed by atoms with van der Waals surface area (Å²) in [5.41, 5.74) is -0.00827. The molecular weight excluding hydrogens is 353 g/mol. The Morgan fingerprint density at radius 1 is 1.29 bits per heavy atom. The smallest absolute Gasteiger partial charge is 0.256 e. The van der Waals surface area contributed by atoms with Crippen molar-refractivity contribution in [2.75, 3.05) is 13.7 Å². The molecule has 130 valence electrons. The molecule has 0 aliphatic rings. The molecule has 0 aliphatic heterocycles. The maximum atomic E-state index is 12.4. The predicted molar refractivity (Wildman–Crippen MR) is 92.0 cm³/mol. The van der Waals surface area contributed by atoms with Crippen molar-refractivity contribution in [1.82, 2.24) is 15.5 Å². The van der Waals surface area contributed by atoms with Crippen LogP contribution in [0.3, 0.4) is 0 Å². The summed E-state index contributed by atoms with van der Waals surface area (Å²) in [4.78, 5) is 16.7. The van der Waals surface area contributed by atoms with E-state index in [4.69, 9.17) is 32.5 Å². The number of hydrogen-bond donors (Lipinski definition) is 1. The number of nitrogens with zero attached hydrogens (tertiary/aromatic N) is 2. The molecule has 0 spiro atoms. The Morgan fingerprint density at radius 3 is 2.54 bits per heavy atom. The van der Waals surface area contributed by atoms with E-state index >= 15 is 0 Å². The molecule has 1 N–H and O–H groups in total. The predicted octanol–water partition coefficient (Wildman–Crippen LogP) is 3.66. The highest BCUT2D eigenvalue weighted by molar-refractivity contribution is 6.37. The number of nitrogens with one attached hydrogen (secondary N) is 1. The first-order valence-electron chi connectivity index (χ1n) is 7.37. The first kappa shape index (κ1) is 18.5. The molecule has 1 aromatic heterocycles. The number of amides is 1. The quantitative estimate of drug-likeness (QED) is 0.867. The van der Waals surface area contributed by atoms with Crippen molar-refractivity contribution in [3.63, 3.8) is 0 Å². The molecule has 0 saturated heterocycles. The Kier molecular flexibility index (Phi) is 5.72. The zero-order chi connectivity index (χ0) is 17.9. The molecule has 1 aromatic carbocycles. The fourth-order valence-corrected chi connectivity index (χ4v) is 2.45. The summed E-state index contributed by atoms with van der Waals surface area (Å²) in [5.74, 6) is 0.961. The molecule has 2 aromatic rings. The van der Waals surface area contributed by atoms with E-state index in [-0.39, 0.29) is 27.7 Å². The third-order valence-corrected chi connectivity index (χ3v) is 3.85. The van der Waals surface area contributed by atoms with E-state index in [1.165, 1.54) is 7.11 Å². The normalized spacial score (nSPS) is 11.4. The monoisotopic (exact) mass is 371 g/mol. The number of aromatic nitrogens is 2. The molecule has 0 atom stereocenters. The number of halogens is 2. The Labute approximate surface area is 150 Å². The van der Waals surface area contributed by atoms with E-state index < -0.39 is 0 Å². The second-order valence-electron chi connectivity index (χ2n) is 6.21. The van der Waals surface area contributed by atoms with Gasteiger partial charge < -0.3 is 14.6 Å². The number of carbonyl (C=O) groups is 1. The number of carbonyl (C=O) groups excluding carboxylic acids is 1. The van der Waals surface area contributed by atoms with Gasteiger partial charge in [-0.05, 0) is 12.1 Å². The third kappa shape index (κ3) is 4.19. The van der Waals surface area contributed by atoms with Crippen LogP contribution in [0.25, 0.3) is 0 Å². The van der Waals surface area contributed by atoms with Crippen LogP contribution in [-0.4, -0.2) is 29.7 Å². The molecule has 6 nitrogen and oxygen atoms in total. The number of hydrogen-bond acceptors (Lipinski definition) is 5. The molecule has 0 aliphatic carbocycles. The number of ether oxygens (including phenoxy) is 1. The van der Waals surface area contributed by atoms with Gasteiger partial charge in [-0.3, -0.25) is 4.79 Å². The van der Waals surface area contributed by atoms with Gasteiger partial charge >= 0.3 is 0 Å². The van der Waals surface area contributed by atoms with Crippen LogP contribution in [-0.2, 0) is 11.8 Å². The second kappa shape index (κ2) is 7.40. The topological polar surface area (TPSA) is 77.2 Å². The third-order valence-electron chi connectivity index (χ3n) is 3.23. The minimum atomic E-state index is -0.376. The maximum absolute atomic E-state index is 12.4. The largest absolute Gasteiger partial charge is 0.494 e. The van der Waals surface area contributed by atoms with Crippen LogP contribution in [0.15, 0.2) is 16.7 Å². The molecule has 0 bridgehead atoms. The van der Waals surface area contributed by atoms with Crippen LogP contribution in [0.4, 0.5) is 0 Å². The molecule has 24 heavy (non-hydrogen) atoms. The summed E-state index contributed by atoms with van der Waals surface area (Å²) in [6.07, 6.45) is 0.436. The van der Waals surface area contributed by atoms with Crippen LogP contribution >= 0.6 is 23.2 Å². The van der Waals surface area contributed by atoms with Crippen LogP contribution < -0.4 is 10.1 Å². The van der Waals surface area contributed by atoms with E-state index in [1.54, 1.807) is 12.1 Å². The summed E-state index contributed by atoms with van der Waals surface area (Å²) >= 11 is 12.1. The molecule has 0 fully saturated rings. The van der Waals surface area contributed by atoms with Gasteiger partial charge in [0.15, 0.2) is 11.6 Å². The molecule has 1 amide bonds. The van der Waals surface area contributed by atoms with Crippen molar-refractivity contribution in [3.05, 3.63) is 39.5 Å². The van der Waals surface area contributed by atoms with E-state index in [1.807, 2.05) is 20.8 Å². The molecule has 0 saturated carbocycles. The standard InChI is InChI=1S/C16H19Cl2N3O3/c1-16(2,3)15-20-11(21-24-15)7-8-19-14(22)12-9(17)5-6-10(18)13(12)23-4/h5-6H,7-8H2,1-4H3,(H,19,22). The summed E-state index contributed by atoms with van der Waals surface area (Å²) < 4.78 is 10.4. The lowest BCUT2D eigenvalue weighted by molar-refractivity contribution is 0.0951. The van der Waals surface area contributed by atoms with Crippen molar-refractivity contribution in [2.24, 2.45) is 0 Å². The fraction of sp³-hybridized carbons (Fsp3) is 0.438. The Morgan fingerprint density at radius 2 is 1.96 bits per heavy atom. The van der Waals surface area contributed by atoms with Gasteiger partial charge in [0.25, 0.3) is 5.91 Å². The average molecular weight is 372 g/mol. The van der Waals surface area contributed by atoms with Gasteiger partial charge in [0, 0.05) is 18.4 Å². The summed E-state index contributed by atoms with van der Waals surface area (Å²) in [6.45, 7) is 6.28. The highest BCUT2D eigenvalue weighted by Crippen LogP contribution is 2.33. The van der Waals surface area contributed by atoms with E-state index in [0.717, 1.165) is 0 Å². The minimum Gasteiger partial charge on any atom is -0.494 e. The van der Waals surface area contributed by atoms with Crippen molar-refractivity contribution in [1.29, 1.82) is 0 Å². The summed E-state index contributed by atoms with van der Waals surface area (Å²) in [5, 5.41) is 7.25. The van der Waals surface area contributed by atoms with Gasteiger partial charge in [-0.2, -0.15) is 4.98 Å². The Hall–Kier alpha value is -1.79. The average Bonchev–Trinajstić information content (AvgIpc) is 2.98. The summed E-state index contributed by atoms with van der Waals surface area (Å²) in [7, 11) is 1.43. The molecule has 2 rings (SSSR count). The highest BCUT2D eigenvalue weighted by atomic mass is 35.5. The zero-order valence-corrected chi connectivity index (χ0v) is 15.5. The van der Waals surface area contributed by atoms with Gasteiger partial charge in [-0.1, -0.05) is 49.1 Å². The van der Waals surface area contributed by atoms with Crippen molar-refractivity contribution < 1.29 is 14.1 Å². The molecule has 8 heteroatoms. The second-order valence-corrected chi connectivity index (χ2v) is 7.02. The lowest BCUT2D eigenvalue weighted by Crippen LogP contribution is -2.26. The minimum absolute atomic E-state index is 0.204. The highest BCUT2D eigenvalue weighted by Gasteiger charge is 2.22. The van der Waals surface area contributed by atoms with E-state index in [9.17, 15) is 4.79 Å². The van der Waals surface area contributed by atoms with Crippen molar-refractivity contribution >= 4 is 29.1 Å². The number of methoxy groups -OCH3 is 1. The lowest BCUT2D eigenvalue weighted by Gasteiger charge is -2.12. The Balaban J connectivity index is 2.02. The molecule has 0 unspecified atom stereocenters. The van der Waals surface area contributed by atoms with Gasteiger partial charge in [0.05, 0.1) is 17.2 Å². The lowest BCUT2D eigenvalue weighted by atomic mass is 9.97. The van der Waals surface area contributed by atoms with Crippen molar-refractivity contribution in [2.45, 2.75) is 32.6 Å². The maximum Gasteiger partial charge on any atom is 0.256 e. The van der Waals surface area contributed by atoms with Crippen LogP contribution in [0.2, 0.25) is 10.0 Å². The van der Waals surface area contributed by atoms with Crippen LogP contribution in [0, 0.1) is 0 Å². The van der Waals surface area contributed by atoms with E-state index in [2.05, 4.69) is 15.5 Å². The first-order chi connectivity index (χ1) is 11.2. The van der Waals surface area contributed by atoms with Crippen LogP contribution in [0.1, 0.15) is 42.8 Å². The van der Waals surface area contributed by atoms with Gasteiger partial charge in [-0.25, -0.2) is 0 Å². The Bertz CT molecular complexity index is 739. The first-order valence-corrected chi connectivity index (χ1v) is 8.13. The van der Waals surface area contributed by atoms with Gasteiger partial charge in [0.2, 0.25) is 5.89 Å². The molecule has 0 radical (unpaired) electrons. The van der Waals surface area contributed by atoms with Gasteiger partial charge in [-0.15, -0.1) is 0 Å². The van der Waals surface area contributed by atoms with E-state index in [0.29, 0.717) is 29.7 Å². The molecular formula is C16H19Cl2N3O3. The number of benzene rings is 1. The van der Waals surface area contributed by atoms with Gasteiger partial charge in [0.1, 0.15) is 5.56 Å². The SMILES string of the molecule is COc1c(Cl)ccc(Cl)c1C(=O)NCCc1noc(C(C)(C)C)n1.